The lowest BCUT2D eigenvalue weighted by Crippen LogP contribution is -2.61. The van der Waals surface area contributed by atoms with Crippen LogP contribution in [-0.4, -0.2) is 89.2 Å². The molecule has 12 heteroatoms. The van der Waals surface area contributed by atoms with E-state index in [9.17, 15) is 34.5 Å². The maximum absolute atomic E-state index is 13.2. The monoisotopic (exact) mass is 1110 g/mol. The van der Waals surface area contributed by atoms with Crippen molar-refractivity contribution in [1.29, 1.82) is 0 Å². The molecule has 1 rings (SSSR count). The van der Waals surface area contributed by atoms with Crippen LogP contribution < -0.4 is 0 Å². The molecule has 79 heavy (non-hydrogen) atoms. The molecule has 0 bridgehead atoms. The van der Waals surface area contributed by atoms with Gasteiger partial charge in [-0.25, -0.2) is 4.79 Å². The Morgan fingerprint density at radius 2 is 0.797 bits per heavy atom. The van der Waals surface area contributed by atoms with Gasteiger partial charge < -0.3 is 39.0 Å². The van der Waals surface area contributed by atoms with Crippen LogP contribution in [0.5, 0.6) is 0 Å². The Bertz CT molecular complexity index is 1600. The van der Waals surface area contributed by atoms with Crippen LogP contribution >= 0.6 is 0 Å². The second-order valence-corrected chi connectivity index (χ2v) is 22.0. The molecular formula is C67H116O12. The van der Waals surface area contributed by atoms with Gasteiger partial charge in [-0.1, -0.05) is 248 Å². The van der Waals surface area contributed by atoms with Gasteiger partial charge in [-0.3, -0.25) is 14.4 Å². The maximum atomic E-state index is 13.2. The number of rotatable bonds is 55. The zero-order chi connectivity index (χ0) is 57.5. The van der Waals surface area contributed by atoms with Crippen LogP contribution in [-0.2, 0) is 42.9 Å². The van der Waals surface area contributed by atoms with Gasteiger partial charge in [0.1, 0.15) is 18.8 Å². The zero-order valence-corrected chi connectivity index (χ0v) is 50.4. The Morgan fingerprint density at radius 3 is 1.25 bits per heavy atom. The van der Waals surface area contributed by atoms with Gasteiger partial charge in [-0.2, -0.15) is 0 Å². The second-order valence-electron chi connectivity index (χ2n) is 22.0. The smallest absolute Gasteiger partial charge is 0.335 e. The molecule has 0 spiro atoms. The average Bonchev–Trinajstić information content (AvgIpc) is 3.44. The molecule has 0 aromatic heterocycles. The molecule has 0 amide bonds. The summed E-state index contributed by atoms with van der Waals surface area (Å²) in [6.07, 6.45) is 56.2. The van der Waals surface area contributed by atoms with Crippen molar-refractivity contribution in [3.05, 3.63) is 60.8 Å². The van der Waals surface area contributed by atoms with Crippen LogP contribution in [0.2, 0.25) is 0 Å². The number of unbranched alkanes of at least 4 members (excludes halogenated alkanes) is 31. The molecule has 1 saturated heterocycles. The average molecular weight is 1110 g/mol. The highest BCUT2D eigenvalue weighted by molar-refractivity contribution is 5.74. The normalized spacial score (nSPS) is 18.2. The highest BCUT2D eigenvalue weighted by atomic mass is 16.7. The van der Waals surface area contributed by atoms with Crippen molar-refractivity contribution < 1.29 is 58.2 Å². The minimum atomic E-state index is -1.91. The highest BCUT2D eigenvalue weighted by Gasteiger charge is 2.50. The molecule has 0 saturated carbocycles. The third-order valence-corrected chi connectivity index (χ3v) is 14.6. The number of aliphatic carboxylic acids is 1. The lowest BCUT2D eigenvalue weighted by atomic mass is 9.98. The first-order valence-electron chi connectivity index (χ1n) is 32.3. The third-order valence-electron chi connectivity index (χ3n) is 14.6. The fourth-order valence-electron chi connectivity index (χ4n) is 9.65. The molecule has 456 valence electrons. The summed E-state index contributed by atoms with van der Waals surface area (Å²) in [6.45, 7) is 5.86. The van der Waals surface area contributed by atoms with Gasteiger partial charge in [0.15, 0.2) is 24.6 Å². The predicted octanol–water partition coefficient (Wildman–Crippen LogP) is 17.1. The summed E-state index contributed by atoms with van der Waals surface area (Å²) in [6, 6.07) is 0. The number of carboxylic acids is 1. The maximum Gasteiger partial charge on any atom is 0.335 e. The number of aliphatic hydroxyl groups is 2. The topological polar surface area (TPSA) is 175 Å². The van der Waals surface area contributed by atoms with Gasteiger partial charge in [-0.05, 0) is 83.5 Å². The lowest BCUT2D eigenvalue weighted by Gasteiger charge is -2.40. The minimum Gasteiger partial charge on any atom is -0.479 e. The quantitative estimate of drug-likeness (QED) is 0.0228. The summed E-state index contributed by atoms with van der Waals surface area (Å²) in [5.74, 6) is -3.15. The van der Waals surface area contributed by atoms with E-state index >= 15 is 0 Å². The van der Waals surface area contributed by atoms with E-state index < -0.39 is 67.3 Å². The van der Waals surface area contributed by atoms with Gasteiger partial charge >= 0.3 is 23.9 Å². The van der Waals surface area contributed by atoms with E-state index in [-0.39, 0.29) is 25.9 Å². The number of hydrogen-bond acceptors (Lipinski definition) is 11. The third kappa shape index (κ3) is 44.7. The first-order valence-corrected chi connectivity index (χ1v) is 32.3. The van der Waals surface area contributed by atoms with Crippen LogP contribution in [0.3, 0.4) is 0 Å². The summed E-state index contributed by atoms with van der Waals surface area (Å²) in [5, 5.41) is 31.6. The van der Waals surface area contributed by atoms with Gasteiger partial charge in [-0.15, -0.1) is 0 Å². The number of ether oxygens (including phenoxy) is 5. The van der Waals surface area contributed by atoms with Crippen molar-refractivity contribution in [3.63, 3.8) is 0 Å². The number of allylic oxidation sites excluding steroid dienone is 10. The summed E-state index contributed by atoms with van der Waals surface area (Å²) in [4.78, 5) is 51.3. The molecule has 1 fully saturated rings. The summed E-state index contributed by atoms with van der Waals surface area (Å²) in [5.41, 5.74) is 0. The Hall–Kier alpha value is -3.58. The number of carbonyl (C=O) groups excluding carboxylic acids is 3. The van der Waals surface area contributed by atoms with Gasteiger partial charge in [0.2, 0.25) is 0 Å². The molecule has 6 unspecified atom stereocenters. The molecule has 1 aliphatic rings. The number of aliphatic hydroxyl groups excluding tert-OH is 2. The number of carbonyl (C=O) groups is 4. The van der Waals surface area contributed by atoms with E-state index in [1.807, 2.05) is 0 Å². The van der Waals surface area contributed by atoms with Crippen molar-refractivity contribution in [1.82, 2.24) is 0 Å². The summed E-state index contributed by atoms with van der Waals surface area (Å²) in [7, 11) is 0. The zero-order valence-electron chi connectivity index (χ0n) is 50.4. The fourth-order valence-corrected chi connectivity index (χ4v) is 9.65. The first-order chi connectivity index (χ1) is 38.6. The van der Waals surface area contributed by atoms with Gasteiger partial charge in [0.05, 0.1) is 6.61 Å². The predicted molar refractivity (Wildman–Crippen MR) is 322 cm³/mol. The number of esters is 3. The Labute approximate surface area is 481 Å². The second kappa shape index (κ2) is 55.0. The van der Waals surface area contributed by atoms with Gasteiger partial charge in [0.25, 0.3) is 0 Å². The summed E-state index contributed by atoms with van der Waals surface area (Å²) < 4.78 is 28.5. The molecule has 6 atom stereocenters. The van der Waals surface area contributed by atoms with E-state index in [0.717, 1.165) is 116 Å². The molecule has 0 aliphatic carbocycles. The highest BCUT2D eigenvalue weighted by Crippen LogP contribution is 2.27. The van der Waals surface area contributed by atoms with Crippen molar-refractivity contribution >= 4 is 23.9 Å². The van der Waals surface area contributed by atoms with Crippen LogP contribution in [0.1, 0.15) is 290 Å². The van der Waals surface area contributed by atoms with E-state index in [1.54, 1.807) is 0 Å². The van der Waals surface area contributed by atoms with Crippen molar-refractivity contribution in [2.24, 2.45) is 0 Å². The van der Waals surface area contributed by atoms with Crippen molar-refractivity contribution in [2.75, 3.05) is 13.2 Å². The molecular weight excluding hydrogens is 997 g/mol. The standard InChI is InChI=1S/C67H116O12/c1-4-7-10-13-16-19-22-25-27-29-30-32-33-36-38-41-44-47-50-53-59(68)75-56-58(77-60(69)54-51-48-45-42-39-35-24-21-18-15-12-9-6-3)57-76-67-65(63(72)62(71)64(79-67)66(73)74)78-61(70)55-52-49-46-43-40-37-34-31-28-26-23-20-17-14-11-8-5-2/h9,12,17-18,20-21,26,28,35,39,58,62-65,67,71-72H,4-8,10-11,13-16,19,22-25,27,29-34,36-38,40-57H2,1-3H3,(H,73,74)/b12-9-,20-17-,21-18-,28-26-,39-35-. The molecule has 0 aromatic carbocycles. The van der Waals surface area contributed by atoms with E-state index in [0.29, 0.717) is 19.3 Å². The Kier molecular flexibility index (Phi) is 51.1. The first kappa shape index (κ1) is 73.4. The van der Waals surface area contributed by atoms with Crippen LogP contribution in [0.25, 0.3) is 0 Å². The Balaban J connectivity index is 2.64. The van der Waals surface area contributed by atoms with Crippen LogP contribution in [0.15, 0.2) is 60.8 Å². The molecule has 0 aromatic rings. The molecule has 0 radical (unpaired) electrons. The molecule has 1 aliphatic heterocycles. The SMILES string of the molecule is CC/C=C\C/C=C\C/C=C\CCCCCC(=O)OC(COC(=O)CCCCCCCCCCCCCCCCCCCCC)COC1OC(C(=O)O)C(O)C(O)C1OC(=O)CCCCCCCCC/C=C\C/C=C\CCCCC. The van der Waals surface area contributed by atoms with Crippen LogP contribution in [0.4, 0.5) is 0 Å². The number of carboxylic acid groups (broad SMARTS) is 1. The molecule has 3 N–H and O–H groups in total. The van der Waals surface area contributed by atoms with Crippen molar-refractivity contribution in [2.45, 2.75) is 327 Å². The number of hydrogen-bond donors (Lipinski definition) is 3. The largest absolute Gasteiger partial charge is 0.479 e. The summed E-state index contributed by atoms with van der Waals surface area (Å²) >= 11 is 0. The van der Waals surface area contributed by atoms with E-state index in [4.69, 9.17) is 23.7 Å². The Morgan fingerprint density at radius 1 is 0.430 bits per heavy atom. The van der Waals surface area contributed by atoms with Crippen molar-refractivity contribution in [3.8, 4) is 0 Å². The minimum absolute atomic E-state index is 0.0484. The lowest BCUT2D eigenvalue weighted by molar-refractivity contribution is -0.301. The molecule has 12 nitrogen and oxygen atoms in total. The van der Waals surface area contributed by atoms with E-state index in [1.165, 1.54) is 116 Å². The fraction of sp³-hybridized carbons (Fsp3) is 0.791. The molecule has 1 heterocycles. The van der Waals surface area contributed by atoms with Crippen LogP contribution in [0, 0.1) is 0 Å². The van der Waals surface area contributed by atoms with E-state index in [2.05, 4.69) is 81.5 Å². The van der Waals surface area contributed by atoms with Gasteiger partial charge in [0, 0.05) is 19.3 Å².